The van der Waals surface area contributed by atoms with Crippen LogP contribution in [0.1, 0.15) is 32.4 Å². The lowest BCUT2D eigenvalue weighted by Gasteiger charge is -2.38. The molecule has 0 N–H and O–H groups in total. The molecule has 3 rings (SSSR count). The fraction of sp³-hybridized carbons (Fsp3) is 0.600. The van der Waals surface area contributed by atoms with Crippen LogP contribution in [0.2, 0.25) is 0 Å². The molecule has 1 aliphatic heterocycles. The molecule has 2 aromatic heterocycles. The van der Waals surface area contributed by atoms with E-state index in [1.807, 2.05) is 6.07 Å². The van der Waals surface area contributed by atoms with Gasteiger partial charge in [0.1, 0.15) is 0 Å². The Hall–Kier alpha value is -2.02. The van der Waals surface area contributed by atoms with Gasteiger partial charge in [0, 0.05) is 30.5 Å². The summed E-state index contributed by atoms with van der Waals surface area (Å²) in [5, 5.41) is 8.11. The van der Waals surface area contributed by atoms with Crippen molar-refractivity contribution in [3.63, 3.8) is 0 Å². The summed E-state index contributed by atoms with van der Waals surface area (Å²) >= 11 is 0. The van der Waals surface area contributed by atoms with Gasteiger partial charge in [-0.15, -0.1) is 0 Å². The Morgan fingerprint density at radius 2 is 2.09 bits per heavy atom. The maximum Gasteiger partial charge on any atom is 0.266 e. The van der Waals surface area contributed by atoms with Crippen LogP contribution in [0.5, 0.6) is 0 Å². The molecule has 7 nitrogen and oxygen atoms in total. The van der Waals surface area contributed by atoms with Crippen molar-refractivity contribution in [1.29, 1.82) is 0 Å². The van der Waals surface area contributed by atoms with Crippen molar-refractivity contribution in [2.24, 2.45) is 5.92 Å². The molecule has 118 valence electrons. The Balaban J connectivity index is 1.60. The first-order chi connectivity index (χ1) is 10.4. The van der Waals surface area contributed by atoms with Crippen LogP contribution in [0.4, 0.5) is 0 Å². The second-order valence-corrected chi connectivity index (χ2v) is 6.88. The molecule has 0 radical (unpaired) electrons. The van der Waals surface area contributed by atoms with Gasteiger partial charge in [0.25, 0.3) is 5.56 Å². The van der Waals surface area contributed by atoms with Crippen molar-refractivity contribution >= 4 is 0 Å². The highest BCUT2D eigenvalue weighted by Gasteiger charge is 2.29. The first kappa shape index (κ1) is 14.9. The zero-order valence-electron chi connectivity index (χ0n) is 13.2. The van der Waals surface area contributed by atoms with Gasteiger partial charge in [0.05, 0.1) is 18.8 Å². The van der Waals surface area contributed by atoms with Crippen molar-refractivity contribution in [3.05, 3.63) is 40.4 Å². The standard InChI is InChI=1S/C15H21N5O2/c1-15(2,3)12-4-5-14(21)20(18-12)8-11-6-19(7-11)9-13-16-10-17-22-13/h4-5,10-11H,6-9H2,1-3H3. The number of likely N-dealkylation sites (tertiary alicyclic amines) is 1. The van der Waals surface area contributed by atoms with E-state index in [9.17, 15) is 4.79 Å². The second kappa shape index (κ2) is 5.64. The molecule has 0 spiro atoms. The average molecular weight is 303 g/mol. The molecule has 0 bridgehead atoms. The molecule has 0 unspecified atom stereocenters. The van der Waals surface area contributed by atoms with Crippen molar-refractivity contribution in [3.8, 4) is 0 Å². The fourth-order valence-electron chi connectivity index (χ4n) is 2.60. The van der Waals surface area contributed by atoms with Gasteiger partial charge in [-0.1, -0.05) is 25.9 Å². The molecule has 0 atom stereocenters. The number of nitrogens with zero attached hydrogens (tertiary/aromatic N) is 5. The van der Waals surface area contributed by atoms with Crippen molar-refractivity contribution in [2.75, 3.05) is 13.1 Å². The Morgan fingerprint density at radius 3 is 2.73 bits per heavy atom. The third-order valence-corrected chi connectivity index (χ3v) is 3.86. The molecule has 1 aliphatic rings. The van der Waals surface area contributed by atoms with E-state index in [4.69, 9.17) is 4.52 Å². The monoisotopic (exact) mass is 303 g/mol. The largest absolute Gasteiger partial charge is 0.338 e. The number of rotatable bonds is 4. The van der Waals surface area contributed by atoms with Crippen molar-refractivity contribution in [2.45, 2.75) is 39.3 Å². The van der Waals surface area contributed by atoms with E-state index in [2.05, 4.69) is 40.9 Å². The van der Waals surface area contributed by atoms with Gasteiger partial charge >= 0.3 is 0 Å². The fourth-order valence-corrected chi connectivity index (χ4v) is 2.60. The van der Waals surface area contributed by atoms with E-state index in [0.717, 1.165) is 18.8 Å². The molecular weight excluding hydrogens is 282 g/mol. The highest BCUT2D eigenvalue weighted by atomic mass is 16.5. The zero-order chi connectivity index (χ0) is 15.7. The van der Waals surface area contributed by atoms with E-state index >= 15 is 0 Å². The van der Waals surface area contributed by atoms with Crippen LogP contribution in [0, 0.1) is 5.92 Å². The van der Waals surface area contributed by atoms with Crippen LogP contribution >= 0.6 is 0 Å². The lowest BCUT2D eigenvalue weighted by Crippen LogP contribution is -2.49. The van der Waals surface area contributed by atoms with Gasteiger partial charge < -0.3 is 4.52 Å². The molecule has 0 saturated carbocycles. The molecule has 0 amide bonds. The van der Waals surface area contributed by atoms with Gasteiger partial charge in [0.2, 0.25) is 5.89 Å². The molecule has 3 heterocycles. The third kappa shape index (κ3) is 3.24. The molecule has 2 aromatic rings. The Bertz CT molecular complexity index is 681. The Labute approximate surface area is 128 Å². The number of aromatic nitrogens is 4. The SMILES string of the molecule is CC(C)(C)c1ccc(=O)n(CC2CN(Cc3ncno3)C2)n1. The van der Waals surface area contributed by atoms with E-state index in [-0.39, 0.29) is 11.0 Å². The maximum atomic E-state index is 12.0. The number of hydrogen-bond donors (Lipinski definition) is 0. The normalized spacial score (nSPS) is 16.7. The molecular formula is C15H21N5O2. The highest BCUT2D eigenvalue weighted by molar-refractivity contribution is 5.10. The molecule has 1 saturated heterocycles. The summed E-state index contributed by atoms with van der Waals surface area (Å²) in [5.41, 5.74) is 0.844. The van der Waals surface area contributed by atoms with E-state index in [1.54, 1.807) is 10.7 Å². The number of hydrogen-bond acceptors (Lipinski definition) is 6. The summed E-state index contributed by atoms with van der Waals surface area (Å²) in [6.45, 7) is 9.44. The lowest BCUT2D eigenvalue weighted by molar-refractivity contribution is 0.0656. The van der Waals surface area contributed by atoms with E-state index < -0.39 is 0 Å². The van der Waals surface area contributed by atoms with Crippen LogP contribution in [0.3, 0.4) is 0 Å². The predicted molar refractivity (Wildman–Crippen MR) is 80.3 cm³/mol. The molecule has 0 aliphatic carbocycles. The summed E-state index contributed by atoms with van der Waals surface area (Å²) in [6.07, 6.45) is 1.41. The van der Waals surface area contributed by atoms with Crippen LogP contribution in [-0.4, -0.2) is 37.9 Å². The van der Waals surface area contributed by atoms with Gasteiger partial charge in [-0.2, -0.15) is 10.1 Å². The minimum atomic E-state index is -0.0565. The quantitative estimate of drug-likeness (QED) is 0.840. The average Bonchev–Trinajstić information content (AvgIpc) is 2.90. The smallest absolute Gasteiger partial charge is 0.266 e. The summed E-state index contributed by atoms with van der Waals surface area (Å²) in [4.78, 5) is 18.2. The minimum absolute atomic E-state index is 0.0386. The van der Waals surface area contributed by atoms with Gasteiger partial charge in [-0.3, -0.25) is 9.69 Å². The topological polar surface area (TPSA) is 77.0 Å². The Kier molecular flexibility index (Phi) is 3.82. The molecule has 0 aromatic carbocycles. The van der Waals surface area contributed by atoms with Gasteiger partial charge in [-0.25, -0.2) is 4.68 Å². The van der Waals surface area contributed by atoms with Crippen molar-refractivity contribution < 1.29 is 4.52 Å². The summed E-state index contributed by atoms with van der Waals surface area (Å²) in [5.74, 6) is 1.06. The summed E-state index contributed by atoms with van der Waals surface area (Å²) < 4.78 is 6.59. The van der Waals surface area contributed by atoms with E-state index in [1.165, 1.54) is 6.33 Å². The van der Waals surface area contributed by atoms with Gasteiger partial charge in [0.15, 0.2) is 6.33 Å². The lowest BCUT2D eigenvalue weighted by atomic mass is 9.92. The maximum absolute atomic E-state index is 12.0. The second-order valence-electron chi connectivity index (χ2n) is 6.88. The summed E-state index contributed by atoms with van der Waals surface area (Å²) in [7, 11) is 0. The van der Waals surface area contributed by atoms with Crippen LogP contribution in [-0.2, 0) is 18.5 Å². The predicted octanol–water partition coefficient (Wildman–Crippen LogP) is 1.06. The Morgan fingerprint density at radius 1 is 1.32 bits per heavy atom. The van der Waals surface area contributed by atoms with Crippen LogP contribution in [0.15, 0.2) is 27.8 Å². The molecule has 1 fully saturated rings. The minimum Gasteiger partial charge on any atom is -0.338 e. The van der Waals surface area contributed by atoms with Crippen LogP contribution in [0.25, 0.3) is 0 Å². The summed E-state index contributed by atoms with van der Waals surface area (Å²) in [6, 6.07) is 3.43. The van der Waals surface area contributed by atoms with Crippen molar-refractivity contribution in [1.82, 2.24) is 24.8 Å². The molecule has 7 heteroatoms. The van der Waals surface area contributed by atoms with Crippen LogP contribution < -0.4 is 5.56 Å². The third-order valence-electron chi connectivity index (χ3n) is 3.86. The first-order valence-corrected chi connectivity index (χ1v) is 7.48. The molecule has 22 heavy (non-hydrogen) atoms. The zero-order valence-corrected chi connectivity index (χ0v) is 13.2. The highest BCUT2D eigenvalue weighted by Crippen LogP contribution is 2.20. The first-order valence-electron chi connectivity index (χ1n) is 7.48. The van der Waals surface area contributed by atoms with Gasteiger partial charge in [-0.05, 0) is 6.07 Å². The van der Waals surface area contributed by atoms with E-state index in [0.29, 0.717) is 24.9 Å².